The van der Waals surface area contributed by atoms with Crippen molar-refractivity contribution in [2.75, 3.05) is 12.3 Å². The highest BCUT2D eigenvalue weighted by molar-refractivity contribution is 7.88. The van der Waals surface area contributed by atoms with E-state index >= 15 is 0 Å². The highest BCUT2D eigenvalue weighted by atomic mass is 32.2. The van der Waals surface area contributed by atoms with Gasteiger partial charge in [-0.3, -0.25) is 19.3 Å². The fourth-order valence-electron chi connectivity index (χ4n) is 2.13. The lowest BCUT2D eigenvalue weighted by Crippen LogP contribution is -2.68. The number of carboxylic acids is 1. The molecule has 1 saturated heterocycles. The third-order valence-corrected chi connectivity index (χ3v) is 5.51. The average molecular weight is 505 g/mol. The lowest BCUT2D eigenvalue weighted by Gasteiger charge is -2.36. The minimum atomic E-state index is -4.52. The Labute approximate surface area is 190 Å². The second-order valence-corrected chi connectivity index (χ2v) is 9.27. The number of β-lactam (4-membered cyclic amide) rings is 1. The third kappa shape index (κ3) is 6.35. The molecule has 0 aliphatic carbocycles. The number of carboxylic acid groups (broad SMARTS) is 1. The lowest BCUT2D eigenvalue weighted by atomic mass is 10.1. The molecule has 1 aliphatic heterocycles. The second-order valence-electron chi connectivity index (χ2n) is 6.96. The van der Waals surface area contributed by atoms with Gasteiger partial charge in [0.05, 0.1) is 6.54 Å². The molecule has 6 N–H and O–H groups in total. The van der Waals surface area contributed by atoms with Crippen LogP contribution in [0.4, 0.5) is 9.93 Å². The van der Waals surface area contributed by atoms with Crippen molar-refractivity contribution in [1.82, 2.24) is 24.6 Å². The minimum Gasteiger partial charge on any atom is -0.478 e. The molecule has 1 aliphatic rings. The molecule has 2 rings (SSSR count). The first kappa shape index (κ1) is 25.5. The van der Waals surface area contributed by atoms with Gasteiger partial charge in [-0.25, -0.2) is 24.0 Å². The maximum Gasteiger partial charge on any atom is 0.350 e. The van der Waals surface area contributed by atoms with Crippen molar-refractivity contribution in [3.8, 4) is 0 Å². The normalized spacial score (nSPS) is 16.5. The van der Waals surface area contributed by atoms with E-state index in [1.54, 1.807) is 0 Å². The van der Waals surface area contributed by atoms with E-state index < -0.39 is 63.8 Å². The first-order valence-electron chi connectivity index (χ1n) is 8.81. The molecule has 1 atom stereocenters. The molecule has 1 aromatic rings. The van der Waals surface area contributed by atoms with Crippen LogP contribution in [0, 0.1) is 0 Å². The van der Waals surface area contributed by atoms with Gasteiger partial charge in [0.15, 0.2) is 10.8 Å². The summed E-state index contributed by atoms with van der Waals surface area (Å²) in [5.74, 6) is -4.28. The van der Waals surface area contributed by atoms with Gasteiger partial charge < -0.3 is 21.0 Å². The molecule has 18 heteroatoms. The lowest BCUT2D eigenvalue weighted by molar-refractivity contribution is -0.161. The topological polar surface area (TPSA) is 240 Å². The number of imide groups is 1. The smallest absolute Gasteiger partial charge is 0.350 e. The molecule has 0 radical (unpaired) electrons. The highest BCUT2D eigenvalue weighted by Crippen LogP contribution is 2.16. The van der Waals surface area contributed by atoms with Gasteiger partial charge in [-0.2, -0.15) is 8.42 Å². The number of amides is 5. The number of oxime groups is 1. The summed E-state index contributed by atoms with van der Waals surface area (Å²) in [5.41, 5.74) is 3.21. The Hall–Kier alpha value is -3.80. The summed E-state index contributed by atoms with van der Waals surface area (Å²) in [5, 5.41) is 16.4. The molecule has 0 bridgehead atoms. The predicted molar refractivity (Wildman–Crippen MR) is 111 cm³/mol. The van der Waals surface area contributed by atoms with Crippen molar-refractivity contribution in [2.24, 2.45) is 5.16 Å². The Balaban J connectivity index is 2.10. The Kier molecular flexibility index (Phi) is 7.23. The number of aliphatic carboxylic acids is 1. The van der Waals surface area contributed by atoms with E-state index in [2.05, 4.69) is 15.5 Å². The largest absolute Gasteiger partial charge is 0.478 e. The summed E-state index contributed by atoms with van der Waals surface area (Å²) in [6.45, 7) is 2.87. The molecule has 0 aromatic carbocycles. The number of carbonyl (C=O) groups is 5. The fourth-order valence-corrected chi connectivity index (χ4v) is 3.45. The predicted octanol–water partition coefficient (Wildman–Crippen LogP) is -2.27. The van der Waals surface area contributed by atoms with Crippen molar-refractivity contribution < 1.29 is 42.3 Å². The van der Waals surface area contributed by atoms with E-state index in [4.69, 9.17) is 15.7 Å². The summed E-state index contributed by atoms with van der Waals surface area (Å²) in [6, 6.07) is -2.58. The number of nitrogens with two attached hydrogens (primary N) is 1. The average Bonchev–Trinajstić information content (AvgIpc) is 3.08. The Morgan fingerprint density at radius 2 is 1.97 bits per heavy atom. The number of hydrogen-bond acceptors (Lipinski definition) is 12. The molecular weight excluding hydrogens is 486 g/mol. The molecule has 180 valence electrons. The van der Waals surface area contributed by atoms with Gasteiger partial charge in [0, 0.05) is 12.3 Å². The molecule has 1 aromatic heterocycles. The first-order valence-corrected chi connectivity index (χ1v) is 11.2. The molecule has 2 heterocycles. The molecule has 1 fully saturated rings. The number of rotatable bonds is 8. The molecule has 1 unspecified atom stereocenters. The van der Waals surface area contributed by atoms with Gasteiger partial charge in [0.1, 0.15) is 11.7 Å². The van der Waals surface area contributed by atoms with Crippen molar-refractivity contribution in [3.63, 3.8) is 0 Å². The summed E-state index contributed by atoms with van der Waals surface area (Å²) in [7, 11) is -4.52. The Bertz CT molecular complexity index is 1140. The first-order chi connectivity index (χ1) is 15.1. The van der Waals surface area contributed by atoms with E-state index in [0.717, 1.165) is 18.3 Å². The number of urea groups is 1. The van der Waals surface area contributed by atoms with Crippen molar-refractivity contribution in [3.05, 3.63) is 11.1 Å². The fraction of sp³-hybridized carbons (Fsp3) is 0.400. The molecule has 33 heavy (non-hydrogen) atoms. The van der Waals surface area contributed by atoms with Crippen LogP contribution >= 0.6 is 11.3 Å². The van der Waals surface area contributed by atoms with Crippen LogP contribution in [0.25, 0.3) is 0 Å². The Morgan fingerprint density at radius 3 is 2.45 bits per heavy atom. The number of thiazole rings is 1. The molecular formula is C15H19N7O9S2. The van der Waals surface area contributed by atoms with E-state index in [0.29, 0.717) is 4.90 Å². The zero-order valence-electron chi connectivity index (χ0n) is 17.3. The van der Waals surface area contributed by atoms with Crippen molar-refractivity contribution >= 4 is 62.1 Å². The molecule has 16 nitrogen and oxygen atoms in total. The summed E-state index contributed by atoms with van der Waals surface area (Å²) in [4.78, 5) is 68.1. The number of nitrogens with zero attached hydrogens (tertiary/aromatic N) is 3. The number of anilines is 1. The number of nitrogens with one attached hydrogen (secondary N) is 3. The SMILES string of the molecule is CC(=O)NS(=O)(=O)NC(=O)N1CC(NC(=O)C(=NOC(C)(C)C(=O)O)c2csc(N)n2)C1=O. The van der Waals surface area contributed by atoms with E-state index in [9.17, 15) is 32.4 Å². The third-order valence-electron chi connectivity index (χ3n) is 3.84. The minimum absolute atomic E-state index is 0.0565. The maximum atomic E-state index is 12.7. The standard InChI is InChI=1S/C15H19N7O9S2/c1-6(23)20-33(29,30)21-14(28)22-4-7(11(22)25)17-10(24)9(8-5-32-13(16)18-8)19-31-15(2,3)12(26)27/h5,7H,4H2,1-3H3,(H2,16,18)(H,17,24)(H,20,23)(H,21,28)(H,26,27). The van der Waals surface area contributed by atoms with Crippen LogP contribution in [0.15, 0.2) is 10.5 Å². The number of likely N-dealkylation sites (tertiary alicyclic amines) is 1. The van der Waals surface area contributed by atoms with Crippen LogP contribution in [0.5, 0.6) is 0 Å². The van der Waals surface area contributed by atoms with Crippen LogP contribution in [0.1, 0.15) is 26.5 Å². The molecule has 0 spiro atoms. The molecule has 0 saturated carbocycles. The van der Waals surface area contributed by atoms with Crippen molar-refractivity contribution in [1.29, 1.82) is 0 Å². The van der Waals surface area contributed by atoms with E-state index in [-0.39, 0.29) is 10.8 Å². The number of aromatic nitrogens is 1. The van der Waals surface area contributed by atoms with Gasteiger partial charge in [-0.15, -0.1) is 11.3 Å². The Morgan fingerprint density at radius 1 is 1.33 bits per heavy atom. The zero-order valence-corrected chi connectivity index (χ0v) is 18.9. The summed E-state index contributed by atoms with van der Waals surface area (Å²) in [6.07, 6.45) is 0. The number of hydrogen-bond donors (Lipinski definition) is 5. The molecule has 5 amide bonds. The number of carbonyl (C=O) groups excluding carboxylic acids is 4. The van der Waals surface area contributed by atoms with Gasteiger partial charge in [0.25, 0.3) is 11.8 Å². The maximum absolute atomic E-state index is 12.7. The summed E-state index contributed by atoms with van der Waals surface area (Å²) < 4.78 is 26.1. The van der Waals surface area contributed by atoms with Crippen LogP contribution in [-0.4, -0.2) is 77.0 Å². The number of nitrogen functional groups attached to an aromatic ring is 1. The van der Waals surface area contributed by atoms with Crippen LogP contribution in [0.2, 0.25) is 0 Å². The summed E-state index contributed by atoms with van der Waals surface area (Å²) >= 11 is 0.962. The monoisotopic (exact) mass is 505 g/mol. The van der Waals surface area contributed by atoms with Gasteiger partial charge in [-0.05, 0) is 13.8 Å². The van der Waals surface area contributed by atoms with Gasteiger partial charge in [-0.1, -0.05) is 5.16 Å². The van der Waals surface area contributed by atoms with E-state index in [1.165, 1.54) is 28.7 Å². The van der Waals surface area contributed by atoms with Crippen molar-refractivity contribution in [2.45, 2.75) is 32.4 Å². The second kappa shape index (κ2) is 9.36. The van der Waals surface area contributed by atoms with Crippen LogP contribution in [0.3, 0.4) is 0 Å². The zero-order chi connectivity index (χ0) is 25.1. The van der Waals surface area contributed by atoms with Crippen LogP contribution < -0.4 is 20.5 Å². The van der Waals surface area contributed by atoms with Gasteiger partial charge >= 0.3 is 22.2 Å². The highest BCUT2D eigenvalue weighted by Gasteiger charge is 2.43. The van der Waals surface area contributed by atoms with E-state index in [1.807, 2.05) is 0 Å². The van der Waals surface area contributed by atoms with Crippen LogP contribution in [-0.2, 0) is 34.2 Å². The van der Waals surface area contributed by atoms with Gasteiger partial charge in [0.2, 0.25) is 11.5 Å². The quantitative estimate of drug-likeness (QED) is 0.143.